The fourth-order valence-corrected chi connectivity index (χ4v) is 6.29. The molecule has 0 bridgehead atoms. The lowest BCUT2D eigenvalue weighted by Crippen LogP contribution is -2.63. The number of benzene rings is 2. The standard InChI is InChI=1S/C21H23NO8S/c1-27-21-16(12-22(23)24)19(31(25,26)15-10-6-3-7-11-15)18-17(29-21)13-28-20(30-18)14-8-4-2-5-9-14/h2-11,16-21H,12-13H2,1H3/t16-,17-,18-,19-,20-,21-/m1/s1. The maximum Gasteiger partial charge on any atom is 0.212 e. The minimum absolute atomic E-state index is 0.0650. The van der Waals surface area contributed by atoms with Gasteiger partial charge in [-0.15, -0.1) is 0 Å². The van der Waals surface area contributed by atoms with Gasteiger partial charge >= 0.3 is 0 Å². The minimum atomic E-state index is -4.02. The summed E-state index contributed by atoms with van der Waals surface area (Å²) in [6.45, 7) is -0.575. The Morgan fingerprint density at radius 2 is 1.71 bits per heavy atom. The lowest BCUT2D eigenvalue weighted by atomic mass is 9.92. The Morgan fingerprint density at radius 1 is 1.06 bits per heavy atom. The molecule has 10 heteroatoms. The monoisotopic (exact) mass is 449 g/mol. The van der Waals surface area contributed by atoms with Gasteiger partial charge in [0.25, 0.3) is 0 Å². The highest BCUT2D eigenvalue weighted by atomic mass is 32.2. The first-order valence-electron chi connectivity index (χ1n) is 9.83. The van der Waals surface area contributed by atoms with Gasteiger partial charge in [-0.25, -0.2) is 8.42 Å². The van der Waals surface area contributed by atoms with Crippen LogP contribution in [0.4, 0.5) is 0 Å². The van der Waals surface area contributed by atoms with Crippen LogP contribution in [0.25, 0.3) is 0 Å². The van der Waals surface area contributed by atoms with Crippen molar-refractivity contribution in [2.75, 3.05) is 20.3 Å². The van der Waals surface area contributed by atoms with E-state index in [1.54, 1.807) is 18.2 Å². The van der Waals surface area contributed by atoms with Crippen molar-refractivity contribution in [2.24, 2.45) is 5.92 Å². The van der Waals surface area contributed by atoms with Crippen molar-refractivity contribution < 1.29 is 32.3 Å². The van der Waals surface area contributed by atoms with Gasteiger partial charge in [0.1, 0.15) is 17.5 Å². The average Bonchev–Trinajstić information content (AvgIpc) is 2.79. The molecule has 0 amide bonds. The molecule has 0 saturated carbocycles. The SMILES string of the molecule is CO[C@@H]1O[C@@H]2CO[C@@H](c3ccccc3)O[C@H]2[C@H](S(=O)(=O)c2ccccc2)[C@H]1C[N+](=O)[O-]. The molecule has 0 spiro atoms. The number of methoxy groups -OCH3 is 1. The lowest BCUT2D eigenvalue weighted by Gasteiger charge is -2.47. The van der Waals surface area contributed by atoms with Gasteiger partial charge in [-0.3, -0.25) is 10.1 Å². The Bertz CT molecular complexity index is 1000. The molecule has 0 N–H and O–H groups in total. The highest BCUT2D eigenvalue weighted by Gasteiger charge is 2.57. The molecule has 2 fully saturated rings. The predicted molar refractivity (Wildman–Crippen MR) is 108 cm³/mol. The van der Waals surface area contributed by atoms with Crippen LogP contribution in [0, 0.1) is 16.0 Å². The number of ether oxygens (including phenoxy) is 4. The van der Waals surface area contributed by atoms with Crippen LogP contribution in [0.1, 0.15) is 11.9 Å². The topological polar surface area (TPSA) is 114 Å². The second-order valence-corrected chi connectivity index (χ2v) is 9.56. The highest BCUT2D eigenvalue weighted by Crippen LogP contribution is 2.41. The molecule has 2 aliphatic rings. The first-order valence-corrected chi connectivity index (χ1v) is 11.4. The molecule has 9 nitrogen and oxygen atoms in total. The smallest absolute Gasteiger partial charge is 0.212 e. The molecule has 2 aliphatic heterocycles. The Morgan fingerprint density at radius 3 is 2.32 bits per heavy atom. The summed E-state index contributed by atoms with van der Waals surface area (Å²) in [5.41, 5.74) is 0.719. The van der Waals surface area contributed by atoms with E-state index in [0.717, 1.165) is 5.56 Å². The molecular weight excluding hydrogens is 426 g/mol. The molecule has 2 aromatic carbocycles. The normalized spacial score (nSPS) is 31.0. The van der Waals surface area contributed by atoms with Crippen molar-refractivity contribution in [1.29, 1.82) is 0 Å². The van der Waals surface area contributed by atoms with Crippen molar-refractivity contribution in [1.82, 2.24) is 0 Å². The van der Waals surface area contributed by atoms with E-state index >= 15 is 0 Å². The zero-order valence-electron chi connectivity index (χ0n) is 16.8. The molecular formula is C21H23NO8S. The number of nitro groups is 1. The lowest BCUT2D eigenvalue weighted by molar-refractivity contribution is -0.498. The third-order valence-corrected chi connectivity index (χ3v) is 7.82. The quantitative estimate of drug-likeness (QED) is 0.487. The van der Waals surface area contributed by atoms with Gasteiger partial charge in [0.05, 0.1) is 17.4 Å². The summed E-state index contributed by atoms with van der Waals surface area (Å²) in [5, 5.41) is 10.2. The van der Waals surface area contributed by atoms with E-state index in [-0.39, 0.29) is 11.5 Å². The number of hydrogen-bond donors (Lipinski definition) is 0. The first kappa shape index (κ1) is 21.8. The molecule has 31 heavy (non-hydrogen) atoms. The molecule has 6 atom stereocenters. The van der Waals surface area contributed by atoms with E-state index in [1.807, 2.05) is 30.3 Å². The molecule has 2 aromatic rings. The first-order chi connectivity index (χ1) is 14.9. The van der Waals surface area contributed by atoms with Gasteiger partial charge < -0.3 is 18.9 Å². The number of nitrogens with zero attached hydrogens (tertiary/aromatic N) is 1. The molecule has 166 valence electrons. The molecule has 2 saturated heterocycles. The van der Waals surface area contributed by atoms with E-state index in [9.17, 15) is 18.5 Å². The number of fused-ring (bicyclic) bond motifs is 1. The van der Waals surface area contributed by atoms with E-state index in [2.05, 4.69) is 0 Å². The van der Waals surface area contributed by atoms with Gasteiger partial charge in [-0.2, -0.15) is 0 Å². The van der Waals surface area contributed by atoms with Crippen LogP contribution < -0.4 is 0 Å². The summed E-state index contributed by atoms with van der Waals surface area (Å²) in [5.74, 6) is -1.07. The van der Waals surface area contributed by atoms with Crippen LogP contribution in [0.15, 0.2) is 65.6 Å². The van der Waals surface area contributed by atoms with Crippen molar-refractivity contribution in [3.05, 3.63) is 76.3 Å². The van der Waals surface area contributed by atoms with Crippen LogP contribution in [0.2, 0.25) is 0 Å². The van der Waals surface area contributed by atoms with Gasteiger partial charge in [0.2, 0.25) is 6.54 Å². The van der Waals surface area contributed by atoms with Gasteiger partial charge in [-0.05, 0) is 12.1 Å². The summed E-state index contributed by atoms with van der Waals surface area (Å²) < 4.78 is 50.4. The maximum absolute atomic E-state index is 13.7. The van der Waals surface area contributed by atoms with E-state index in [1.165, 1.54) is 19.2 Å². The Balaban J connectivity index is 1.76. The van der Waals surface area contributed by atoms with Crippen LogP contribution in [-0.4, -0.2) is 57.4 Å². The number of rotatable bonds is 6. The average molecular weight is 449 g/mol. The van der Waals surface area contributed by atoms with Crippen molar-refractivity contribution in [3.63, 3.8) is 0 Å². The second-order valence-electron chi connectivity index (χ2n) is 7.46. The highest BCUT2D eigenvalue weighted by molar-refractivity contribution is 7.92. The second kappa shape index (κ2) is 9.01. The summed E-state index contributed by atoms with van der Waals surface area (Å²) in [6.07, 6.45) is -3.62. The third-order valence-electron chi connectivity index (χ3n) is 5.56. The van der Waals surface area contributed by atoms with Gasteiger partial charge in [-0.1, -0.05) is 48.5 Å². The van der Waals surface area contributed by atoms with Crippen LogP contribution in [0.3, 0.4) is 0 Å². The number of sulfone groups is 1. The van der Waals surface area contributed by atoms with Gasteiger partial charge in [0, 0.05) is 17.6 Å². The number of hydrogen-bond acceptors (Lipinski definition) is 8. The van der Waals surface area contributed by atoms with Crippen molar-refractivity contribution in [2.45, 2.75) is 34.9 Å². The van der Waals surface area contributed by atoms with Crippen molar-refractivity contribution in [3.8, 4) is 0 Å². The summed E-state index contributed by atoms with van der Waals surface area (Å²) in [4.78, 5) is 10.9. The third kappa shape index (κ3) is 4.35. The molecule has 0 unspecified atom stereocenters. The molecule has 4 rings (SSSR count). The summed E-state index contributed by atoms with van der Waals surface area (Å²) >= 11 is 0. The van der Waals surface area contributed by atoms with E-state index < -0.39 is 57.3 Å². The summed E-state index contributed by atoms with van der Waals surface area (Å²) in [6, 6.07) is 17.0. The fourth-order valence-electron chi connectivity index (χ4n) is 4.18. The molecule has 0 aromatic heterocycles. The Labute approximate surface area is 179 Å². The van der Waals surface area contributed by atoms with Crippen LogP contribution in [-0.2, 0) is 28.8 Å². The van der Waals surface area contributed by atoms with E-state index in [0.29, 0.717) is 0 Å². The summed E-state index contributed by atoms with van der Waals surface area (Å²) in [7, 11) is -2.69. The maximum atomic E-state index is 13.7. The van der Waals surface area contributed by atoms with Crippen LogP contribution in [0.5, 0.6) is 0 Å². The Hall–Kier alpha value is -2.37. The van der Waals surface area contributed by atoms with Gasteiger partial charge in [0.15, 0.2) is 22.4 Å². The zero-order valence-corrected chi connectivity index (χ0v) is 17.6. The molecule has 0 aliphatic carbocycles. The minimum Gasteiger partial charge on any atom is -0.355 e. The molecule has 0 radical (unpaired) electrons. The zero-order chi connectivity index (χ0) is 22.0. The predicted octanol–water partition coefficient (Wildman–Crippen LogP) is 2.21. The largest absolute Gasteiger partial charge is 0.355 e. The van der Waals surface area contributed by atoms with Crippen LogP contribution >= 0.6 is 0 Å². The van der Waals surface area contributed by atoms with Crippen molar-refractivity contribution >= 4 is 9.84 Å². The Kier molecular flexibility index (Phi) is 6.35. The molecule has 2 heterocycles. The fraction of sp³-hybridized carbons (Fsp3) is 0.429. The van der Waals surface area contributed by atoms with E-state index in [4.69, 9.17) is 18.9 Å².